The molecule has 8 atom stereocenters. The molecule has 30 heteroatoms. The standard InChI is InChI=1S/C30H33N7O8.C29H31N7O8/c1-43-29(41)17-5-9-19(10-6-17)44-30(42)36-13-11-16(12-14-36)3-2-4-20-34-25(31)21-26(35-20)37(15-32-21)28-23(39)22(38)24(45-28)27(40)33-18-7-8-18;30-24-20-25(36(14-31-20)27-22(38)21(37)23(44-27)26(39)32-17-6-7-17)34-19(33-24)3-1-2-15-10-12-35(13-11-15)29(42)43-18-8-4-16(5-9-18)28(40)41/h5-6,9-10,15-16,18,22-24,28,38-39H,3,7-8,11-14H2,1H3,(H,33,40)(H2,31,34,35);4-5,8-9,14-15,17,21-23,27,37-38H,2,6-7,10-13H2,(H,32,39)(H,40,41)(H2,30,33,34)/t22?,23-,24-,28+;21?,22-,23-,27+/m00/s1. The number of nitrogens with two attached hydrogens (primary N) is 2. The Kier molecular flexibility index (Phi) is 18.1. The number of ether oxygens (including phenoxy) is 5. The van der Waals surface area contributed by atoms with Crippen LogP contribution in [-0.2, 0) is 23.8 Å². The fourth-order valence-corrected chi connectivity index (χ4v) is 10.6. The first kappa shape index (κ1) is 61.1. The second-order valence-corrected chi connectivity index (χ2v) is 22.4. The Morgan fingerprint density at radius 2 is 0.966 bits per heavy atom. The number of aliphatic hydroxyl groups excluding tert-OH is 4. The number of imidazole rings is 2. The van der Waals surface area contributed by atoms with Gasteiger partial charge >= 0.3 is 24.1 Å². The van der Waals surface area contributed by atoms with Crippen LogP contribution in [-0.4, -0.2) is 192 Å². The maximum atomic E-state index is 12.6. The lowest BCUT2D eigenvalue weighted by atomic mass is 9.94. The highest BCUT2D eigenvalue weighted by Crippen LogP contribution is 2.35. The molecule has 2 aliphatic carbocycles. The second-order valence-electron chi connectivity index (χ2n) is 22.4. The third kappa shape index (κ3) is 14.1. The topological polar surface area (TPSA) is 420 Å². The van der Waals surface area contributed by atoms with Crippen LogP contribution in [0.2, 0.25) is 0 Å². The molecule has 11 N–H and O–H groups in total. The maximum absolute atomic E-state index is 12.6. The van der Waals surface area contributed by atoms with Gasteiger partial charge in [-0.3, -0.25) is 18.7 Å². The van der Waals surface area contributed by atoms with Gasteiger partial charge < -0.3 is 81.1 Å². The summed E-state index contributed by atoms with van der Waals surface area (Å²) in [6.07, 6.45) is -1.18. The molecule has 4 aromatic heterocycles. The number of benzene rings is 2. The van der Waals surface area contributed by atoms with Gasteiger partial charge in [-0.05, 0) is 124 Å². The Balaban J connectivity index is 0.000000184. The lowest BCUT2D eigenvalue weighted by molar-refractivity contribution is -0.138. The number of hydrogen-bond donors (Lipinski definition) is 9. The molecule has 89 heavy (non-hydrogen) atoms. The molecule has 0 bridgehead atoms. The largest absolute Gasteiger partial charge is 0.478 e. The SMILES string of the molecule is COC(=O)c1ccc(OC(=O)N2CCC(CC#Cc3nc(N)c4ncn([C@@H]5O[C@H](C(=O)NC6CC6)C(O)[C@@H]5O)c4n3)CC2)cc1.Nc1nc(C#CCC2CCN(C(=O)Oc3ccc(C(=O)O)cc3)CC2)nc2c1ncn2[C@@H]1O[C@H](C(=O)NC2CC2)C(O)[C@@H]1O. The first-order valence-corrected chi connectivity index (χ1v) is 29.0. The van der Waals surface area contributed by atoms with Crippen LogP contribution in [0.25, 0.3) is 22.3 Å². The number of aliphatic hydroxyl groups is 4. The number of anilines is 2. The van der Waals surface area contributed by atoms with Crippen LogP contribution in [0.15, 0.2) is 61.2 Å². The number of nitrogens with one attached hydrogen (secondary N) is 2. The van der Waals surface area contributed by atoms with Crippen LogP contribution in [0.1, 0.15) is 109 Å². The molecular weight excluding hydrogens is 1160 g/mol. The fraction of sp³-hybridized carbons (Fsp3) is 0.458. The zero-order valence-electron chi connectivity index (χ0n) is 48.0. The summed E-state index contributed by atoms with van der Waals surface area (Å²) < 4.78 is 29.8. The van der Waals surface area contributed by atoms with E-state index in [1.165, 1.54) is 65.3 Å². The van der Waals surface area contributed by atoms with E-state index >= 15 is 0 Å². The predicted molar refractivity (Wildman–Crippen MR) is 308 cm³/mol. The number of piperidine rings is 2. The highest BCUT2D eigenvalue weighted by Gasteiger charge is 2.50. The summed E-state index contributed by atoms with van der Waals surface area (Å²) >= 11 is 0. The summed E-state index contributed by atoms with van der Waals surface area (Å²) in [6, 6.07) is 11.9. The van der Waals surface area contributed by atoms with E-state index in [1.807, 2.05) is 0 Å². The van der Waals surface area contributed by atoms with E-state index in [1.54, 1.807) is 21.9 Å². The van der Waals surface area contributed by atoms with Gasteiger partial charge in [0.15, 0.2) is 47.6 Å². The minimum atomic E-state index is -1.44. The van der Waals surface area contributed by atoms with E-state index in [0.29, 0.717) is 63.2 Å². The Hall–Kier alpha value is -9.56. The molecule has 12 rings (SSSR count). The van der Waals surface area contributed by atoms with Gasteiger partial charge in [0.25, 0.3) is 11.8 Å². The molecular formula is C59H64N14O16. The number of carboxylic acid groups (broad SMARTS) is 1. The number of esters is 1. The summed E-state index contributed by atoms with van der Waals surface area (Å²) in [7, 11) is 1.30. The van der Waals surface area contributed by atoms with E-state index in [0.717, 1.165) is 38.5 Å². The first-order valence-electron chi connectivity index (χ1n) is 29.0. The molecule has 0 radical (unpaired) electrons. The molecule has 2 aromatic carbocycles. The van der Waals surface area contributed by atoms with Crippen LogP contribution in [0, 0.1) is 35.5 Å². The van der Waals surface area contributed by atoms with Gasteiger partial charge in [-0.1, -0.05) is 11.8 Å². The van der Waals surface area contributed by atoms with Crippen molar-refractivity contribution in [1.82, 2.24) is 59.5 Å². The number of aromatic nitrogens is 8. The monoisotopic (exact) mass is 1220 g/mol. The number of rotatable bonds is 12. The van der Waals surface area contributed by atoms with E-state index in [9.17, 15) is 49.2 Å². The third-order valence-electron chi connectivity index (χ3n) is 16.0. The smallest absolute Gasteiger partial charge is 0.415 e. The number of fused-ring (bicyclic) bond motifs is 2. The average molecular weight is 1230 g/mol. The van der Waals surface area contributed by atoms with Crippen molar-refractivity contribution in [2.45, 2.75) is 125 Å². The molecule has 0 spiro atoms. The number of amides is 4. The zero-order chi connectivity index (χ0) is 62.6. The van der Waals surface area contributed by atoms with Crippen molar-refractivity contribution >= 4 is 69.9 Å². The van der Waals surface area contributed by atoms with Crippen molar-refractivity contribution in [2.75, 3.05) is 44.8 Å². The molecule has 30 nitrogen and oxygen atoms in total. The van der Waals surface area contributed by atoms with Crippen molar-refractivity contribution in [3.05, 3.63) is 84.0 Å². The van der Waals surface area contributed by atoms with Crippen molar-refractivity contribution in [1.29, 1.82) is 0 Å². The molecule has 6 aliphatic rings. The van der Waals surface area contributed by atoms with Gasteiger partial charge in [0, 0.05) is 51.1 Å². The number of carbonyl (C=O) groups is 6. The van der Waals surface area contributed by atoms with E-state index in [-0.39, 0.29) is 80.8 Å². The van der Waals surface area contributed by atoms with Crippen molar-refractivity contribution in [3.63, 3.8) is 0 Å². The Morgan fingerprint density at radius 3 is 1.34 bits per heavy atom. The van der Waals surface area contributed by atoms with E-state index in [4.69, 9.17) is 35.5 Å². The number of carbonyl (C=O) groups excluding carboxylic acids is 5. The van der Waals surface area contributed by atoms with Gasteiger partial charge in [0.1, 0.15) is 46.9 Å². The van der Waals surface area contributed by atoms with Gasteiger partial charge in [-0.2, -0.15) is 0 Å². The van der Waals surface area contributed by atoms with Gasteiger partial charge in [-0.15, -0.1) is 0 Å². The van der Waals surface area contributed by atoms with E-state index < -0.39 is 85.0 Å². The Bertz CT molecular complexity index is 3780. The molecule has 6 aromatic rings. The number of aromatic carboxylic acids is 1. The number of methoxy groups -OCH3 is 1. The van der Waals surface area contributed by atoms with Gasteiger partial charge in [0.2, 0.25) is 11.6 Å². The Labute approximate surface area is 506 Å². The number of likely N-dealkylation sites (tertiary alicyclic amines) is 2. The van der Waals surface area contributed by atoms with Gasteiger partial charge in [-0.25, -0.2) is 49.1 Å². The highest BCUT2D eigenvalue weighted by molar-refractivity contribution is 5.90. The third-order valence-corrected chi connectivity index (χ3v) is 16.0. The van der Waals surface area contributed by atoms with Crippen LogP contribution in [0.3, 0.4) is 0 Å². The van der Waals surface area contributed by atoms with Crippen LogP contribution in [0.5, 0.6) is 11.5 Å². The van der Waals surface area contributed by atoms with E-state index in [2.05, 4.69) is 69.0 Å². The first-order chi connectivity index (χ1) is 42.9. The molecule has 4 saturated heterocycles. The van der Waals surface area contributed by atoms with Crippen LogP contribution < -0.4 is 31.6 Å². The van der Waals surface area contributed by atoms with Crippen LogP contribution in [0.4, 0.5) is 21.2 Å². The van der Waals surface area contributed by atoms with Crippen molar-refractivity contribution < 1.29 is 78.0 Å². The Morgan fingerprint density at radius 1 is 0.573 bits per heavy atom. The molecule has 2 unspecified atom stereocenters. The quantitative estimate of drug-likeness (QED) is 0.0617. The maximum Gasteiger partial charge on any atom is 0.415 e. The van der Waals surface area contributed by atoms with Crippen LogP contribution >= 0.6 is 0 Å². The summed E-state index contributed by atoms with van der Waals surface area (Å²) in [5, 5.41) is 56.9. The lowest BCUT2D eigenvalue weighted by Crippen LogP contribution is -2.43. The number of hydrogen-bond acceptors (Lipinski definition) is 23. The summed E-state index contributed by atoms with van der Waals surface area (Å²) in [4.78, 5) is 102. The fourth-order valence-electron chi connectivity index (χ4n) is 10.6. The highest BCUT2D eigenvalue weighted by atomic mass is 16.6. The van der Waals surface area contributed by atoms with Crippen molar-refractivity contribution in [2.24, 2.45) is 11.8 Å². The number of nitrogen functional groups attached to an aromatic ring is 2. The number of carboxylic acids is 1. The molecule has 8 heterocycles. The predicted octanol–water partition coefficient (Wildman–Crippen LogP) is 1.40. The molecule has 466 valence electrons. The zero-order valence-corrected chi connectivity index (χ0v) is 48.0. The molecule has 6 fully saturated rings. The number of nitrogens with zero attached hydrogens (tertiary/aromatic N) is 10. The summed E-state index contributed by atoms with van der Waals surface area (Å²) in [6.45, 7) is 1.99. The minimum absolute atomic E-state index is 0.0677. The molecule has 4 aliphatic heterocycles. The normalized spacial score (nSPS) is 23.5. The van der Waals surface area contributed by atoms with Crippen molar-refractivity contribution in [3.8, 4) is 35.2 Å². The lowest BCUT2D eigenvalue weighted by Gasteiger charge is -2.30. The minimum Gasteiger partial charge on any atom is -0.478 e. The average Bonchev–Trinajstić information content (AvgIpc) is 2.29. The van der Waals surface area contributed by atoms with Gasteiger partial charge in [0.05, 0.1) is 30.9 Å². The summed E-state index contributed by atoms with van der Waals surface area (Å²) in [5.74, 6) is 11.1. The molecule has 4 amide bonds. The second kappa shape index (κ2) is 26.4. The molecule has 2 saturated carbocycles. The summed E-state index contributed by atoms with van der Waals surface area (Å²) in [5.41, 5.74) is 13.7.